The highest BCUT2D eigenvalue weighted by Crippen LogP contribution is 2.13. The summed E-state index contributed by atoms with van der Waals surface area (Å²) in [6.45, 7) is 0. The van der Waals surface area contributed by atoms with Crippen molar-refractivity contribution in [1.82, 2.24) is 5.48 Å². The molecule has 1 amide bonds. The van der Waals surface area contributed by atoms with E-state index >= 15 is 0 Å². The summed E-state index contributed by atoms with van der Waals surface area (Å²) in [5, 5.41) is 8.54. The standard InChI is InChI=1S/C18H19NO2/c20-18(19-21)14-13-17-11-5-4-10-16(17)12-6-9-15-7-2-1-3-8-15/h1-8,10-12,21H,9,13-14H2,(H,19,20). The molecule has 2 aromatic carbocycles. The van der Waals surface area contributed by atoms with Gasteiger partial charge in [-0.05, 0) is 29.5 Å². The van der Waals surface area contributed by atoms with Crippen LogP contribution in [0.1, 0.15) is 23.1 Å². The monoisotopic (exact) mass is 281 g/mol. The molecule has 108 valence electrons. The fourth-order valence-electron chi connectivity index (χ4n) is 2.16. The summed E-state index contributed by atoms with van der Waals surface area (Å²) in [4.78, 5) is 11.1. The van der Waals surface area contributed by atoms with Crippen molar-refractivity contribution >= 4 is 12.0 Å². The maximum Gasteiger partial charge on any atom is 0.243 e. The summed E-state index contributed by atoms with van der Waals surface area (Å²) in [7, 11) is 0. The molecule has 2 aromatic rings. The van der Waals surface area contributed by atoms with Crippen LogP contribution in [0, 0.1) is 0 Å². The van der Waals surface area contributed by atoms with E-state index in [4.69, 9.17) is 5.21 Å². The fraction of sp³-hybridized carbons (Fsp3) is 0.167. The summed E-state index contributed by atoms with van der Waals surface area (Å²) in [5.74, 6) is -0.363. The first kappa shape index (κ1) is 15.0. The van der Waals surface area contributed by atoms with Crippen LogP contribution in [0.25, 0.3) is 6.08 Å². The number of hydrogen-bond acceptors (Lipinski definition) is 2. The molecule has 0 aliphatic carbocycles. The van der Waals surface area contributed by atoms with E-state index in [1.54, 1.807) is 5.48 Å². The van der Waals surface area contributed by atoms with Gasteiger partial charge in [0.25, 0.3) is 0 Å². The number of amides is 1. The molecule has 0 bridgehead atoms. The third-order valence-corrected chi connectivity index (χ3v) is 3.29. The Labute approximate surface area is 124 Å². The quantitative estimate of drug-likeness (QED) is 0.630. The van der Waals surface area contributed by atoms with E-state index in [2.05, 4.69) is 24.3 Å². The largest absolute Gasteiger partial charge is 0.289 e. The number of allylic oxidation sites excluding steroid dienone is 1. The topological polar surface area (TPSA) is 49.3 Å². The predicted octanol–water partition coefficient (Wildman–Crippen LogP) is 3.38. The molecule has 0 spiro atoms. The first-order chi connectivity index (χ1) is 10.3. The molecule has 0 aromatic heterocycles. The zero-order valence-electron chi connectivity index (χ0n) is 11.8. The molecule has 0 heterocycles. The molecule has 3 heteroatoms. The van der Waals surface area contributed by atoms with Gasteiger partial charge < -0.3 is 0 Å². The van der Waals surface area contributed by atoms with E-state index in [0.29, 0.717) is 6.42 Å². The minimum absolute atomic E-state index is 0.278. The van der Waals surface area contributed by atoms with Gasteiger partial charge in [0, 0.05) is 6.42 Å². The average Bonchev–Trinajstić information content (AvgIpc) is 2.54. The van der Waals surface area contributed by atoms with Crippen molar-refractivity contribution < 1.29 is 10.0 Å². The molecule has 0 aliphatic rings. The zero-order chi connectivity index (χ0) is 14.9. The summed E-state index contributed by atoms with van der Waals surface area (Å²) >= 11 is 0. The SMILES string of the molecule is O=C(CCc1ccccc1C=CCc1ccccc1)NO. The Bertz CT molecular complexity index is 606. The highest BCUT2D eigenvalue weighted by molar-refractivity contribution is 5.75. The Hall–Kier alpha value is -2.39. The van der Waals surface area contributed by atoms with Gasteiger partial charge in [0.2, 0.25) is 5.91 Å². The molecule has 3 nitrogen and oxygen atoms in total. The number of benzene rings is 2. The van der Waals surface area contributed by atoms with Gasteiger partial charge in [0.05, 0.1) is 0 Å². The van der Waals surface area contributed by atoms with Crippen molar-refractivity contribution in [1.29, 1.82) is 0 Å². The van der Waals surface area contributed by atoms with Crippen LogP contribution >= 0.6 is 0 Å². The van der Waals surface area contributed by atoms with Crippen LogP contribution in [0.15, 0.2) is 60.7 Å². The van der Waals surface area contributed by atoms with E-state index in [9.17, 15) is 4.79 Å². The lowest BCUT2D eigenvalue weighted by atomic mass is 10.0. The molecule has 2 rings (SSSR count). The molecule has 0 saturated carbocycles. The van der Waals surface area contributed by atoms with Crippen molar-refractivity contribution in [3.05, 3.63) is 77.4 Å². The van der Waals surface area contributed by atoms with Crippen LogP contribution in [0.2, 0.25) is 0 Å². The Kier molecular flexibility index (Phi) is 5.73. The molecule has 0 aliphatic heterocycles. The highest BCUT2D eigenvalue weighted by atomic mass is 16.5. The molecule has 0 unspecified atom stereocenters. The van der Waals surface area contributed by atoms with Crippen LogP contribution in [0.4, 0.5) is 0 Å². The van der Waals surface area contributed by atoms with Crippen molar-refractivity contribution in [2.45, 2.75) is 19.3 Å². The number of aryl methyl sites for hydroxylation is 1. The second-order valence-electron chi connectivity index (χ2n) is 4.83. The maximum absolute atomic E-state index is 11.1. The number of carbonyl (C=O) groups is 1. The lowest BCUT2D eigenvalue weighted by Crippen LogP contribution is -2.18. The van der Waals surface area contributed by atoms with Crippen LogP contribution in [-0.2, 0) is 17.6 Å². The highest BCUT2D eigenvalue weighted by Gasteiger charge is 2.03. The predicted molar refractivity (Wildman–Crippen MR) is 83.9 cm³/mol. The molecule has 0 fully saturated rings. The molecular formula is C18H19NO2. The Morgan fingerprint density at radius 1 is 1.05 bits per heavy atom. The Morgan fingerprint density at radius 3 is 2.52 bits per heavy atom. The first-order valence-corrected chi connectivity index (χ1v) is 7.01. The van der Waals surface area contributed by atoms with Crippen molar-refractivity contribution in [3.8, 4) is 0 Å². The van der Waals surface area contributed by atoms with Gasteiger partial charge in [-0.3, -0.25) is 10.0 Å². The average molecular weight is 281 g/mol. The van der Waals surface area contributed by atoms with Gasteiger partial charge in [0.1, 0.15) is 0 Å². The summed E-state index contributed by atoms with van der Waals surface area (Å²) < 4.78 is 0. The van der Waals surface area contributed by atoms with Crippen molar-refractivity contribution in [2.75, 3.05) is 0 Å². The molecule has 0 radical (unpaired) electrons. The smallest absolute Gasteiger partial charge is 0.243 e. The second-order valence-corrected chi connectivity index (χ2v) is 4.83. The number of hydroxylamine groups is 1. The number of hydrogen-bond donors (Lipinski definition) is 2. The van der Waals surface area contributed by atoms with Crippen LogP contribution in [0.3, 0.4) is 0 Å². The number of carbonyl (C=O) groups excluding carboxylic acids is 1. The lowest BCUT2D eigenvalue weighted by molar-refractivity contribution is -0.129. The Balaban J connectivity index is 2.00. The van der Waals surface area contributed by atoms with Crippen molar-refractivity contribution in [2.24, 2.45) is 0 Å². The van der Waals surface area contributed by atoms with E-state index < -0.39 is 0 Å². The molecule has 2 N–H and O–H groups in total. The van der Waals surface area contributed by atoms with Gasteiger partial charge in [-0.25, -0.2) is 5.48 Å². The number of nitrogens with one attached hydrogen (secondary N) is 1. The first-order valence-electron chi connectivity index (χ1n) is 7.01. The lowest BCUT2D eigenvalue weighted by Gasteiger charge is -2.05. The van der Waals surface area contributed by atoms with Gasteiger partial charge in [-0.2, -0.15) is 0 Å². The van der Waals surface area contributed by atoms with Gasteiger partial charge in [0.15, 0.2) is 0 Å². The molecule has 0 saturated heterocycles. The second kappa shape index (κ2) is 8.02. The van der Waals surface area contributed by atoms with E-state index in [1.807, 2.05) is 42.5 Å². The summed E-state index contributed by atoms with van der Waals surface area (Å²) in [6.07, 6.45) is 5.98. The summed E-state index contributed by atoms with van der Waals surface area (Å²) in [5.41, 5.74) is 5.14. The zero-order valence-corrected chi connectivity index (χ0v) is 11.8. The molecular weight excluding hydrogens is 262 g/mol. The minimum atomic E-state index is -0.363. The number of rotatable bonds is 6. The Morgan fingerprint density at radius 2 is 1.76 bits per heavy atom. The van der Waals surface area contributed by atoms with Crippen molar-refractivity contribution in [3.63, 3.8) is 0 Å². The normalized spacial score (nSPS) is 10.7. The third kappa shape index (κ3) is 4.89. The van der Waals surface area contributed by atoms with Gasteiger partial charge in [-0.15, -0.1) is 0 Å². The molecule has 0 atom stereocenters. The van der Waals surface area contributed by atoms with E-state index in [0.717, 1.165) is 17.5 Å². The summed E-state index contributed by atoms with van der Waals surface area (Å²) in [6, 6.07) is 18.3. The fourth-order valence-corrected chi connectivity index (χ4v) is 2.16. The van der Waals surface area contributed by atoms with Crippen LogP contribution in [-0.4, -0.2) is 11.1 Å². The minimum Gasteiger partial charge on any atom is -0.289 e. The van der Waals surface area contributed by atoms with E-state index in [-0.39, 0.29) is 12.3 Å². The molecule has 21 heavy (non-hydrogen) atoms. The van der Waals surface area contributed by atoms with Gasteiger partial charge in [-0.1, -0.05) is 66.7 Å². The van der Waals surface area contributed by atoms with E-state index in [1.165, 1.54) is 5.56 Å². The maximum atomic E-state index is 11.1. The van der Waals surface area contributed by atoms with Crippen LogP contribution < -0.4 is 5.48 Å². The third-order valence-electron chi connectivity index (χ3n) is 3.29. The van der Waals surface area contributed by atoms with Crippen LogP contribution in [0.5, 0.6) is 0 Å². The van der Waals surface area contributed by atoms with Gasteiger partial charge >= 0.3 is 0 Å².